The van der Waals surface area contributed by atoms with E-state index in [1.807, 2.05) is 29.9 Å². The number of hydrogen-bond acceptors (Lipinski definition) is 1. The molecule has 0 N–H and O–H groups in total. The second-order valence-corrected chi connectivity index (χ2v) is 6.76. The van der Waals surface area contributed by atoms with E-state index < -0.39 is 0 Å². The van der Waals surface area contributed by atoms with Crippen LogP contribution < -0.4 is 5.43 Å². The fourth-order valence-corrected chi connectivity index (χ4v) is 3.05. The second kappa shape index (κ2) is 10.7. The quantitative estimate of drug-likeness (QED) is 0.388. The zero-order chi connectivity index (χ0) is 17.9. The summed E-state index contributed by atoms with van der Waals surface area (Å²) >= 11 is 0. The largest absolute Gasteiger partial charge is 0.350 e. The van der Waals surface area contributed by atoms with E-state index in [4.69, 9.17) is 0 Å². The number of allylic oxidation sites excluding steroid dienone is 4. The summed E-state index contributed by atoms with van der Waals surface area (Å²) in [6, 6.07) is 7.72. The summed E-state index contributed by atoms with van der Waals surface area (Å²) in [7, 11) is 1.98. The molecule has 0 aliphatic heterocycles. The first-order valence-electron chi connectivity index (χ1n) is 9.62. The van der Waals surface area contributed by atoms with Crippen LogP contribution in [0.15, 0.2) is 59.6 Å². The maximum Gasteiger partial charge on any atom is 0.189 e. The average molecular weight is 338 g/mol. The SMILES string of the molecule is CCCCCCCCC=CC=CCc1ccc2c(=O)ccn(C)c2c1. The minimum absolute atomic E-state index is 0.0906. The molecule has 2 rings (SSSR count). The van der Waals surface area contributed by atoms with Gasteiger partial charge in [-0.25, -0.2) is 0 Å². The Hall–Kier alpha value is -2.09. The first-order valence-corrected chi connectivity index (χ1v) is 9.62. The first-order chi connectivity index (χ1) is 12.2. The zero-order valence-corrected chi connectivity index (χ0v) is 15.7. The lowest BCUT2D eigenvalue weighted by molar-refractivity contribution is 0.611. The molecule has 2 nitrogen and oxygen atoms in total. The van der Waals surface area contributed by atoms with Crippen LogP contribution in [0.3, 0.4) is 0 Å². The molecule has 0 aliphatic carbocycles. The van der Waals surface area contributed by atoms with E-state index in [1.54, 1.807) is 6.07 Å². The Balaban J connectivity index is 1.76. The van der Waals surface area contributed by atoms with Crippen LogP contribution in [-0.2, 0) is 13.5 Å². The van der Waals surface area contributed by atoms with Gasteiger partial charge in [0.2, 0.25) is 0 Å². The van der Waals surface area contributed by atoms with Crippen LogP contribution >= 0.6 is 0 Å². The van der Waals surface area contributed by atoms with Gasteiger partial charge in [-0.05, 0) is 37.0 Å². The summed E-state index contributed by atoms with van der Waals surface area (Å²) in [5.74, 6) is 0. The maximum absolute atomic E-state index is 11.9. The van der Waals surface area contributed by atoms with Gasteiger partial charge in [-0.2, -0.15) is 0 Å². The van der Waals surface area contributed by atoms with Crippen molar-refractivity contribution < 1.29 is 0 Å². The summed E-state index contributed by atoms with van der Waals surface area (Å²) < 4.78 is 2.00. The van der Waals surface area contributed by atoms with Crippen LogP contribution in [0.4, 0.5) is 0 Å². The minimum atomic E-state index is 0.0906. The van der Waals surface area contributed by atoms with Crippen LogP contribution in [0.1, 0.15) is 57.4 Å². The Labute approximate surface area is 151 Å². The maximum atomic E-state index is 11.9. The van der Waals surface area contributed by atoms with Crippen molar-refractivity contribution >= 4 is 10.9 Å². The Morgan fingerprint density at radius 1 is 0.960 bits per heavy atom. The van der Waals surface area contributed by atoms with Crippen molar-refractivity contribution in [2.45, 2.75) is 58.3 Å². The average Bonchev–Trinajstić information content (AvgIpc) is 2.63. The number of hydrogen-bond donors (Lipinski definition) is 0. The molecule has 134 valence electrons. The molecular formula is C23H31NO. The van der Waals surface area contributed by atoms with Gasteiger partial charge in [0, 0.05) is 24.7 Å². The standard InChI is InChI=1S/C23H31NO/c1-3-4-5-6-7-8-9-10-11-12-13-14-20-15-16-21-22(19-20)24(2)18-17-23(21)25/h10-13,15-19H,3-9,14H2,1-2H3. The summed E-state index contributed by atoms with van der Waals surface area (Å²) in [6.45, 7) is 2.26. The lowest BCUT2D eigenvalue weighted by Crippen LogP contribution is -2.05. The third-order valence-corrected chi connectivity index (χ3v) is 4.62. The van der Waals surface area contributed by atoms with E-state index in [0.717, 1.165) is 17.3 Å². The van der Waals surface area contributed by atoms with E-state index in [0.29, 0.717) is 0 Å². The summed E-state index contributed by atoms with van der Waals surface area (Å²) in [6.07, 6.45) is 20.7. The van der Waals surface area contributed by atoms with Gasteiger partial charge in [0.15, 0.2) is 5.43 Å². The van der Waals surface area contributed by atoms with E-state index >= 15 is 0 Å². The number of aromatic nitrogens is 1. The van der Waals surface area contributed by atoms with Crippen LogP contribution in [0.5, 0.6) is 0 Å². The molecule has 2 aromatic rings. The van der Waals surface area contributed by atoms with E-state index in [1.165, 1.54) is 50.5 Å². The van der Waals surface area contributed by atoms with Crippen LogP contribution in [0.2, 0.25) is 0 Å². The molecule has 0 spiro atoms. The minimum Gasteiger partial charge on any atom is -0.350 e. The Morgan fingerprint density at radius 3 is 2.56 bits per heavy atom. The molecule has 25 heavy (non-hydrogen) atoms. The van der Waals surface area contributed by atoms with Gasteiger partial charge >= 0.3 is 0 Å². The number of rotatable bonds is 10. The Kier molecular flexibility index (Phi) is 8.24. The number of fused-ring (bicyclic) bond motifs is 1. The molecule has 0 atom stereocenters. The zero-order valence-electron chi connectivity index (χ0n) is 15.7. The van der Waals surface area contributed by atoms with Crippen LogP contribution in [-0.4, -0.2) is 4.57 Å². The number of pyridine rings is 1. The summed E-state index contributed by atoms with van der Waals surface area (Å²) in [5, 5.41) is 0.788. The van der Waals surface area contributed by atoms with Gasteiger partial charge in [-0.1, -0.05) is 69.4 Å². The van der Waals surface area contributed by atoms with Crippen molar-refractivity contribution in [1.29, 1.82) is 0 Å². The topological polar surface area (TPSA) is 22.0 Å². The summed E-state index contributed by atoms with van der Waals surface area (Å²) in [4.78, 5) is 11.9. The number of benzene rings is 1. The van der Waals surface area contributed by atoms with Crippen molar-refractivity contribution in [2.24, 2.45) is 7.05 Å². The highest BCUT2D eigenvalue weighted by atomic mass is 16.1. The Bertz CT molecular complexity index is 767. The van der Waals surface area contributed by atoms with Crippen LogP contribution in [0, 0.1) is 0 Å². The molecule has 1 heterocycles. The predicted octanol–water partition coefficient (Wildman–Crippen LogP) is 5.94. The molecule has 0 bridgehead atoms. The Morgan fingerprint density at radius 2 is 1.72 bits per heavy atom. The highest BCUT2D eigenvalue weighted by molar-refractivity contribution is 5.79. The molecule has 0 radical (unpaired) electrons. The van der Waals surface area contributed by atoms with E-state index in [9.17, 15) is 4.79 Å². The molecule has 0 saturated carbocycles. The molecule has 2 heteroatoms. The lowest BCUT2D eigenvalue weighted by Gasteiger charge is -2.06. The molecule has 1 aromatic carbocycles. The molecule has 0 amide bonds. The fourth-order valence-electron chi connectivity index (χ4n) is 3.05. The predicted molar refractivity (Wildman–Crippen MR) is 109 cm³/mol. The molecule has 1 aromatic heterocycles. The van der Waals surface area contributed by atoms with Crippen molar-refractivity contribution in [2.75, 3.05) is 0 Å². The van der Waals surface area contributed by atoms with Gasteiger partial charge in [-0.3, -0.25) is 4.79 Å². The van der Waals surface area contributed by atoms with E-state index in [2.05, 4.69) is 37.3 Å². The first kappa shape index (κ1) is 19.2. The highest BCUT2D eigenvalue weighted by Crippen LogP contribution is 2.13. The smallest absolute Gasteiger partial charge is 0.189 e. The molecule has 0 aliphatic rings. The van der Waals surface area contributed by atoms with Gasteiger partial charge in [0.05, 0.1) is 5.52 Å². The third kappa shape index (κ3) is 6.38. The van der Waals surface area contributed by atoms with Crippen molar-refractivity contribution in [1.82, 2.24) is 4.57 Å². The fraction of sp³-hybridized carbons (Fsp3) is 0.435. The lowest BCUT2D eigenvalue weighted by atomic mass is 10.1. The summed E-state index contributed by atoms with van der Waals surface area (Å²) in [5.41, 5.74) is 2.32. The van der Waals surface area contributed by atoms with Gasteiger partial charge < -0.3 is 4.57 Å². The van der Waals surface area contributed by atoms with E-state index in [-0.39, 0.29) is 5.43 Å². The molecular weight excluding hydrogens is 306 g/mol. The number of nitrogens with zero attached hydrogens (tertiary/aromatic N) is 1. The normalized spacial score (nSPS) is 11.9. The van der Waals surface area contributed by atoms with Crippen molar-refractivity contribution in [3.63, 3.8) is 0 Å². The number of unbranched alkanes of at least 4 members (excludes halogenated alkanes) is 6. The highest BCUT2D eigenvalue weighted by Gasteiger charge is 2.01. The monoisotopic (exact) mass is 337 g/mol. The van der Waals surface area contributed by atoms with Gasteiger partial charge in [-0.15, -0.1) is 0 Å². The molecule has 0 saturated heterocycles. The van der Waals surface area contributed by atoms with Crippen LogP contribution in [0.25, 0.3) is 10.9 Å². The van der Waals surface area contributed by atoms with Gasteiger partial charge in [0.1, 0.15) is 0 Å². The second-order valence-electron chi connectivity index (χ2n) is 6.76. The molecule has 0 fully saturated rings. The number of aryl methyl sites for hydroxylation is 1. The van der Waals surface area contributed by atoms with Crippen molar-refractivity contribution in [3.05, 3.63) is 70.6 Å². The third-order valence-electron chi connectivity index (χ3n) is 4.62. The molecule has 0 unspecified atom stereocenters. The van der Waals surface area contributed by atoms with Gasteiger partial charge in [0.25, 0.3) is 0 Å². The van der Waals surface area contributed by atoms with Crippen molar-refractivity contribution in [3.8, 4) is 0 Å².